The maximum atomic E-state index is 12.8. The molecule has 3 N–H and O–H groups in total. The molecule has 0 atom stereocenters. The van der Waals surface area contributed by atoms with Crippen molar-refractivity contribution in [2.45, 2.75) is 13.3 Å². The van der Waals surface area contributed by atoms with E-state index in [4.69, 9.17) is 0 Å². The number of amides is 2. The Morgan fingerprint density at radius 3 is 2.58 bits per heavy atom. The molecule has 0 saturated heterocycles. The van der Waals surface area contributed by atoms with Crippen LogP contribution in [0.4, 0.5) is 22.9 Å². The highest BCUT2D eigenvalue weighted by Gasteiger charge is 2.19. The van der Waals surface area contributed by atoms with Gasteiger partial charge in [0.25, 0.3) is 5.91 Å². The molecule has 0 spiro atoms. The number of anilines is 4. The quantitative estimate of drug-likeness (QED) is 0.413. The van der Waals surface area contributed by atoms with Crippen LogP contribution in [0.2, 0.25) is 0 Å². The number of hydrogen-bond acceptors (Lipinski definition) is 5. The molecule has 2 heterocycles. The highest BCUT2D eigenvalue weighted by molar-refractivity contribution is 6.06. The smallest absolute Gasteiger partial charge is 0.255 e. The Morgan fingerprint density at radius 1 is 0.909 bits per heavy atom. The number of carbonyl (C=O) groups is 2. The van der Waals surface area contributed by atoms with Crippen LogP contribution >= 0.6 is 0 Å². The molecule has 7 heteroatoms. The first-order chi connectivity index (χ1) is 16.0. The Hall–Kier alpha value is -4.52. The first-order valence-corrected chi connectivity index (χ1v) is 10.6. The van der Waals surface area contributed by atoms with Crippen LogP contribution in [-0.2, 0) is 11.2 Å². The maximum absolute atomic E-state index is 12.8. The second-order valence-corrected chi connectivity index (χ2v) is 7.81. The van der Waals surface area contributed by atoms with Crippen molar-refractivity contribution in [2.24, 2.45) is 0 Å². The van der Waals surface area contributed by atoms with Gasteiger partial charge in [-0.2, -0.15) is 0 Å². The minimum atomic E-state index is -0.237. The van der Waals surface area contributed by atoms with E-state index in [9.17, 15) is 9.59 Å². The van der Waals surface area contributed by atoms with Gasteiger partial charge in [0.1, 0.15) is 11.6 Å². The van der Waals surface area contributed by atoms with Gasteiger partial charge in [0, 0.05) is 34.3 Å². The molecule has 162 valence electrons. The van der Waals surface area contributed by atoms with Crippen molar-refractivity contribution in [3.8, 4) is 11.3 Å². The second-order valence-electron chi connectivity index (χ2n) is 7.81. The summed E-state index contributed by atoms with van der Waals surface area (Å²) in [6, 6.07) is 24.5. The van der Waals surface area contributed by atoms with E-state index in [2.05, 4.69) is 25.9 Å². The number of carbonyl (C=O) groups excluding carboxylic acids is 2. The molecular weight excluding hydrogens is 414 g/mol. The summed E-state index contributed by atoms with van der Waals surface area (Å²) < 4.78 is 0. The lowest BCUT2D eigenvalue weighted by molar-refractivity contribution is -0.115. The van der Waals surface area contributed by atoms with Crippen LogP contribution in [0.5, 0.6) is 0 Å². The zero-order valence-electron chi connectivity index (χ0n) is 17.9. The molecule has 3 aromatic carbocycles. The van der Waals surface area contributed by atoms with Gasteiger partial charge in [-0.3, -0.25) is 9.59 Å². The molecule has 1 aliphatic rings. The van der Waals surface area contributed by atoms with Crippen molar-refractivity contribution < 1.29 is 9.59 Å². The molecule has 0 fully saturated rings. The lowest BCUT2D eigenvalue weighted by Crippen LogP contribution is -2.12. The van der Waals surface area contributed by atoms with Gasteiger partial charge in [0.05, 0.1) is 12.1 Å². The third-order valence-corrected chi connectivity index (χ3v) is 5.29. The molecule has 0 bridgehead atoms. The first kappa shape index (κ1) is 20.4. The van der Waals surface area contributed by atoms with E-state index in [0.717, 1.165) is 28.2 Å². The van der Waals surface area contributed by atoms with E-state index >= 15 is 0 Å². The van der Waals surface area contributed by atoms with E-state index in [1.54, 1.807) is 18.2 Å². The standard InChI is InChI=1S/C26H21N5O2/c1-16-27-23(17-6-3-2-4-7-17)15-24(28-16)29-20-8-5-9-21(14-20)30-26(33)18-10-11-22-19(12-18)13-25(32)31-22/h2-12,14-15H,13H2,1H3,(H,30,33)(H,31,32)(H,27,28,29). The molecule has 33 heavy (non-hydrogen) atoms. The predicted octanol–water partition coefficient (Wildman–Crippen LogP) is 4.94. The number of nitrogens with zero attached hydrogens (tertiary/aromatic N) is 2. The summed E-state index contributed by atoms with van der Waals surface area (Å²) in [6.07, 6.45) is 0.291. The van der Waals surface area contributed by atoms with Crippen LogP contribution < -0.4 is 16.0 Å². The van der Waals surface area contributed by atoms with E-state index in [1.165, 1.54) is 0 Å². The van der Waals surface area contributed by atoms with Gasteiger partial charge in [-0.05, 0) is 48.9 Å². The fraction of sp³-hybridized carbons (Fsp3) is 0.0769. The summed E-state index contributed by atoms with van der Waals surface area (Å²) in [4.78, 5) is 33.3. The number of fused-ring (bicyclic) bond motifs is 1. The Morgan fingerprint density at radius 2 is 1.73 bits per heavy atom. The SMILES string of the molecule is Cc1nc(Nc2cccc(NC(=O)c3ccc4c(c3)CC(=O)N4)c2)cc(-c2ccccc2)n1. The zero-order chi connectivity index (χ0) is 22.8. The van der Waals surface area contributed by atoms with Gasteiger partial charge in [-0.15, -0.1) is 0 Å². The summed E-state index contributed by atoms with van der Waals surface area (Å²) >= 11 is 0. The van der Waals surface area contributed by atoms with E-state index in [0.29, 0.717) is 29.3 Å². The number of benzene rings is 3. The van der Waals surface area contributed by atoms with Gasteiger partial charge in [0.15, 0.2) is 0 Å². The molecular formula is C26H21N5O2. The van der Waals surface area contributed by atoms with Crippen LogP contribution in [-0.4, -0.2) is 21.8 Å². The van der Waals surface area contributed by atoms with E-state index in [-0.39, 0.29) is 11.8 Å². The third kappa shape index (κ3) is 4.57. The van der Waals surface area contributed by atoms with Crippen molar-refractivity contribution in [1.82, 2.24) is 9.97 Å². The van der Waals surface area contributed by atoms with Gasteiger partial charge >= 0.3 is 0 Å². The fourth-order valence-corrected chi connectivity index (χ4v) is 3.78. The monoisotopic (exact) mass is 435 g/mol. The van der Waals surface area contributed by atoms with Gasteiger partial charge in [0.2, 0.25) is 5.91 Å². The number of hydrogen-bond donors (Lipinski definition) is 3. The number of nitrogens with one attached hydrogen (secondary N) is 3. The molecule has 0 radical (unpaired) electrons. The fourth-order valence-electron chi connectivity index (χ4n) is 3.78. The first-order valence-electron chi connectivity index (χ1n) is 10.6. The molecule has 0 unspecified atom stereocenters. The van der Waals surface area contributed by atoms with Crippen LogP contribution in [0.15, 0.2) is 78.9 Å². The Bertz CT molecular complexity index is 1370. The predicted molar refractivity (Wildman–Crippen MR) is 129 cm³/mol. The molecule has 1 aliphatic heterocycles. The Labute approximate surface area is 190 Å². The average Bonchev–Trinajstić information content (AvgIpc) is 3.18. The summed E-state index contributed by atoms with van der Waals surface area (Å²) in [7, 11) is 0. The maximum Gasteiger partial charge on any atom is 0.255 e. The summed E-state index contributed by atoms with van der Waals surface area (Å²) in [6.45, 7) is 1.86. The van der Waals surface area contributed by atoms with Crippen molar-refractivity contribution in [3.63, 3.8) is 0 Å². The van der Waals surface area contributed by atoms with Crippen LogP contribution in [0.1, 0.15) is 21.7 Å². The number of aryl methyl sites for hydroxylation is 1. The molecule has 4 aromatic rings. The van der Waals surface area contributed by atoms with Crippen molar-refractivity contribution in [1.29, 1.82) is 0 Å². The summed E-state index contributed by atoms with van der Waals surface area (Å²) in [5.41, 5.74) is 5.37. The van der Waals surface area contributed by atoms with Crippen LogP contribution in [0.3, 0.4) is 0 Å². The summed E-state index contributed by atoms with van der Waals surface area (Å²) in [5.74, 6) is 1.03. The van der Waals surface area contributed by atoms with Crippen LogP contribution in [0.25, 0.3) is 11.3 Å². The summed E-state index contributed by atoms with van der Waals surface area (Å²) in [5, 5.41) is 8.99. The largest absolute Gasteiger partial charge is 0.340 e. The van der Waals surface area contributed by atoms with Gasteiger partial charge in [-0.25, -0.2) is 9.97 Å². The van der Waals surface area contributed by atoms with Crippen molar-refractivity contribution in [3.05, 3.63) is 95.8 Å². The number of aromatic nitrogens is 2. The third-order valence-electron chi connectivity index (χ3n) is 5.29. The Balaban J connectivity index is 1.33. The molecule has 1 aromatic heterocycles. The minimum absolute atomic E-state index is 0.0586. The molecule has 5 rings (SSSR count). The van der Waals surface area contributed by atoms with Crippen molar-refractivity contribution >= 4 is 34.7 Å². The van der Waals surface area contributed by atoms with Crippen LogP contribution in [0, 0.1) is 6.92 Å². The minimum Gasteiger partial charge on any atom is -0.340 e. The van der Waals surface area contributed by atoms with E-state index in [1.807, 2.05) is 67.6 Å². The second kappa shape index (κ2) is 8.55. The van der Waals surface area contributed by atoms with Crippen molar-refractivity contribution in [2.75, 3.05) is 16.0 Å². The molecule has 2 amide bonds. The highest BCUT2D eigenvalue weighted by Crippen LogP contribution is 2.26. The topological polar surface area (TPSA) is 96.0 Å². The number of rotatable bonds is 5. The zero-order valence-corrected chi connectivity index (χ0v) is 17.9. The van der Waals surface area contributed by atoms with Gasteiger partial charge in [-0.1, -0.05) is 36.4 Å². The molecule has 0 aliphatic carbocycles. The Kier molecular flexibility index (Phi) is 5.28. The van der Waals surface area contributed by atoms with E-state index < -0.39 is 0 Å². The lowest BCUT2D eigenvalue weighted by atomic mass is 10.1. The average molecular weight is 435 g/mol. The normalized spacial score (nSPS) is 12.1. The van der Waals surface area contributed by atoms with Gasteiger partial charge < -0.3 is 16.0 Å². The molecule has 7 nitrogen and oxygen atoms in total. The molecule has 0 saturated carbocycles. The highest BCUT2D eigenvalue weighted by atomic mass is 16.2. The lowest BCUT2D eigenvalue weighted by Gasteiger charge is -2.11.